The summed E-state index contributed by atoms with van der Waals surface area (Å²) in [4.78, 5) is 23.4. The van der Waals surface area contributed by atoms with Crippen LogP contribution in [0.5, 0.6) is 0 Å². The molecule has 24 heavy (non-hydrogen) atoms. The van der Waals surface area contributed by atoms with E-state index in [1.165, 1.54) is 23.1 Å². The highest BCUT2D eigenvalue weighted by Crippen LogP contribution is 2.34. The van der Waals surface area contributed by atoms with Crippen LogP contribution in [0.3, 0.4) is 0 Å². The number of thioether (sulfide) groups is 1. The number of rotatable bonds is 4. The lowest BCUT2D eigenvalue weighted by atomic mass is 10.1. The third-order valence-corrected chi connectivity index (χ3v) is 5.18. The van der Waals surface area contributed by atoms with Crippen LogP contribution in [0.25, 0.3) is 10.1 Å². The van der Waals surface area contributed by atoms with Crippen LogP contribution in [-0.2, 0) is 9.53 Å². The number of fused-ring (bicyclic) bond motifs is 1. The Labute approximate surface area is 146 Å². The largest absolute Gasteiger partial charge is 0.462 e. The number of thiophene rings is 1. The van der Waals surface area contributed by atoms with E-state index >= 15 is 0 Å². The number of amides is 1. The van der Waals surface area contributed by atoms with Crippen LogP contribution in [0, 0.1) is 0 Å². The Morgan fingerprint density at radius 2 is 2.33 bits per heavy atom. The molecule has 7 nitrogen and oxygen atoms in total. The molecule has 0 bridgehead atoms. The van der Waals surface area contributed by atoms with E-state index in [0.29, 0.717) is 28.1 Å². The SMILES string of the molecule is CCOC(=O)c1sc2ccc(C=NN=C3NC(=O)CS3)cc2c1N. The van der Waals surface area contributed by atoms with Crippen LogP contribution in [0.2, 0.25) is 0 Å². The van der Waals surface area contributed by atoms with Crippen molar-refractivity contribution in [1.29, 1.82) is 0 Å². The van der Waals surface area contributed by atoms with Gasteiger partial charge in [-0.15, -0.1) is 16.4 Å². The third-order valence-electron chi connectivity index (χ3n) is 3.15. The fraction of sp³-hybridized carbons (Fsp3) is 0.200. The van der Waals surface area contributed by atoms with E-state index in [0.717, 1.165) is 15.6 Å². The zero-order valence-corrected chi connectivity index (χ0v) is 14.4. The van der Waals surface area contributed by atoms with Gasteiger partial charge in [0.05, 0.1) is 24.3 Å². The molecule has 0 atom stereocenters. The number of esters is 1. The predicted octanol–water partition coefficient (Wildman–Crippen LogP) is 2.21. The van der Waals surface area contributed by atoms with Gasteiger partial charge >= 0.3 is 5.97 Å². The summed E-state index contributed by atoms with van der Waals surface area (Å²) in [5.74, 6) is -0.123. The Morgan fingerprint density at radius 1 is 1.50 bits per heavy atom. The van der Waals surface area contributed by atoms with Crippen molar-refractivity contribution in [2.24, 2.45) is 10.2 Å². The van der Waals surface area contributed by atoms with E-state index in [-0.39, 0.29) is 5.91 Å². The van der Waals surface area contributed by atoms with Gasteiger partial charge < -0.3 is 15.8 Å². The Kier molecular flexibility index (Phi) is 4.81. The average Bonchev–Trinajstić information content (AvgIpc) is 3.12. The molecule has 1 amide bonds. The number of hydrogen-bond donors (Lipinski definition) is 2. The third kappa shape index (κ3) is 3.41. The minimum absolute atomic E-state index is 0.0760. The Balaban J connectivity index is 1.84. The molecule has 0 aliphatic carbocycles. The highest BCUT2D eigenvalue weighted by molar-refractivity contribution is 8.15. The molecular weight excluding hydrogens is 348 g/mol. The molecule has 1 fully saturated rings. The maximum atomic E-state index is 11.9. The van der Waals surface area contributed by atoms with E-state index in [1.807, 2.05) is 18.2 Å². The van der Waals surface area contributed by atoms with Crippen LogP contribution < -0.4 is 11.1 Å². The van der Waals surface area contributed by atoms with Gasteiger partial charge in [-0.2, -0.15) is 5.10 Å². The summed E-state index contributed by atoms with van der Waals surface area (Å²) in [6, 6.07) is 5.57. The number of nitrogens with one attached hydrogen (secondary N) is 1. The first kappa shape index (κ1) is 16.5. The molecule has 1 aromatic heterocycles. The fourth-order valence-electron chi connectivity index (χ4n) is 2.09. The van der Waals surface area contributed by atoms with Gasteiger partial charge in [-0.1, -0.05) is 17.8 Å². The number of nitrogen functional groups attached to an aromatic ring is 1. The molecular formula is C15H14N4O3S2. The van der Waals surface area contributed by atoms with E-state index in [1.54, 1.807) is 13.1 Å². The summed E-state index contributed by atoms with van der Waals surface area (Å²) >= 11 is 2.61. The molecule has 0 unspecified atom stereocenters. The summed E-state index contributed by atoms with van der Waals surface area (Å²) in [5, 5.41) is 11.8. The van der Waals surface area contributed by atoms with Crippen LogP contribution in [0.1, 0.15) is 22.2 Å². The number of benzene rings is 1. The second-order valence-electron chi connectivity index (χ2n) is 4.81. The molecule has 3 rings (SSSR count). The lowest BCUT2D eigenvalue weighted by molar-refractivity contribution is -0.116. The number of carbonyl (C=O) groups is 2. The quantitative estimate of drug-likeness (QED) is 0.493. The van der Waals surface area contributed by atoms with Gasteiger partial charge in [-0.25, -0.2) is 4.79 Å². The van der Waals surface area contributed by atoms with E-state index in [9.17, 15) is 9.59 Å². The van der Waals surface area contributed by atoms with Crippen molar-refractivity contribution < 1.29 is 14.3 Å². The van der Waals surface area contributed by atoms with Gasteiger partial charge in [0, 0.05) is 10.1 Å². The van der Waals surface area contributed by atoms with Crippen molar-refractivity contribution in [3.8, 4) is 0 Å². The molecule has 0 spiro atoms. The number of nitrogens with zero attached hydrogens (tertiary/aromatic N) is 2. The smallest absolute Gasteiger partial charge is 0.350 e. The highest BCUT2D eigenvalue weighted by atomic mass is 32.2. The number of ether oxygens (including phenoxy) is 1. The van der Waals surface area contributed by atoms with Crippen molar-refractivity contribution in [2.45, 2.75) is 6.92 Å². The molecule has 3 N–H and O–H groups in total. The minimum atomic E-state index is -0.410. The highest BCUT2D eigenvalue weighted by Gasteiger charge is 2.18. The first-order valence-corrected chi connectivity index (χ1v) is 8.91. The van der Waals surface area contributed by atoms with Crippen LogP contribution in [-0.4, -0.2) is 35.6 Å². The Bertz CT molecular complexity index is 873. The fourth-order valence-corrected chi connectivity index (χ4v) is 3.72. The predicted molar refractivity (Wildman–Crippen MR) is 97.8 cm³/mol. The summed E-state index contributed by atoms with van der Waals surface area (Å²) in [7, 11) is 0. The number of carbonyl (C=O) groups excluding carboxylic acids is 2. The number of hydrogen-bond acceptors (Lipinski definition) is 8. The van der Waals surface area contributed by atoms with E-state index in [4.69, 9.17) is 10.5 Å². The zero-order valence-electron chi connectivity index (χ0n) is 12.7. The maximum Gasteiger partial charge on any atom is 0.350 e. The monoisotopic (exact) mass is 362 g/mol. The molecule has 1 saturated heterocycles. The maximum absolute atomic E-state index is 11.9. The van der Waals surface area contributed by atoms with E-state index < -0.39 is 5.97 Å². The topological polar surface area (TPSA) is 106 Å². The first-order chi connectivity index (χ1) is 11.6. The van der Waals surface area contributed by atoms with Crippen LogP contribution in [0.4, 0.5) is 5.69 Å². The number of amidine groups is 1. The Hall–Kier alpha value is -2.39. The molecule has 2 aromatic rings. The molecule has 9 heteroatoms. The zero-order chi connectivity index (χ0) is 17.1. The van der Waals surface area contributed by atoms with Gasteiger partial charge in [-0.05, 0) is 24.6 Å². The van der Waals surface area contributed by atoms with Crippen molar-refractivity contribution in [3.63, 3.8) is 0 Å². The van der Waals surface area contributed by atoms with Crippen molar-refractivity contribution in [2.75, 3.05) is 18.1 Å². The lowest BCUT2D eigenvalue weighted by Crippen LogP contribution is -2.19. The van der Waals surface area contributed by atoms with Crippen molar-refractivity contribution in [3.05, 3.63) is 28.6 Å². The van der Waals surface area contributed by atoms with E-state index in [2.05, 4.69) is 15.5 Å². The molecule has 124 valence electrons. The van der Waals surface area contributed by atoms with Crippen molar-refractivity contribution >= 4 is 62.1 Å². The second-order valence-corrected chi connectivity index (χ2v) is 6.82. The Morgan fingerprint density at radius 3 is 3.04 bits per heavy atom. The molecule has 1 aromatic carbocycles. The molecule has 1 aliphatic heterocycles. The molecule has 0 saturated carbocycles. The first-order valence-electron chi connectivity index (χ1n) is 7.11. The summed E-state index contributed by atoms with van der Waals surface area (Å²) in [6.45, 7) is 2.06. The summed E-state index contributed by atoms with van der Waals surface area (Å²) in [6.07, 6.45) is 1.57. The van der Waals surface area contributed by atoms with Gasteiger partial charge in [0.1, 0.15) is 4.88 Å². The number of nitrogens with two attached hydrogens (primary N) is 1. The minimum Gasteiger partial charge on any atom is -0.462 e. The molecule has 2 heterocycles. The second kappa shape index (κ2) is 7.02. The molecule has 1 aliphatic rings. The van der Waals surface area contributed by atoms with Crippen LogP contribution in [0.15, 0.2) is 28.4 Å². The summed E-state index contributed by atoms with van der Waals surface area (Å²) < 4.78 is 5.91. The number of anilines is 1. The normalized spacial score (nSPS) is 16.2. The lowest BCUT2D eigenvalue weighted by Gasteiger charge is -1.99. The summed E-state index contributed by atoms with van der Waals surface area (Å²) in [5.41, 5.74) is 7.27. The van der Waals surface area contributed by atoms with Gasteiger partial charge in [-0.3, -0.25) is 4.79 Å². The standard InChI is InChI=1S/C15H14N4O3S2/c1-2-22-14(21)13-12(16)9-5-8(3-4-10(9)24-13)6-17-19-15-18-11(20)7-23-15/h3-6H,2,7,16H2,1H3,(H,18,19,20). The van der Waals surface area contributed by atoms with Crippen LogP contribution >= 0.6 is 23.1 Å². The molecule has 0 radical (unpaired) electrons. The van der Waals surface area contributed by atoms with Crippen molar-refractivity contribution in [1.82, 2.24) is 5.32 Å². The van der Waals surface area contributed by atoms with Gasteiger partial charge in [0.2, 0.25) is 5.91 Å². The average molecular weight is 362 g/mol. The van der Waals surface area contributed by atoms with Gasteiger partial charge in [0.25, 0.3) is 0 Å². The van der Waals surface area contributed by atoms with Gasteiger partial charge in [0.15, 0.2) is 5.17 Å².